The number of nitrogens with one attached hydrogen (secondary N) is 1. The number of hydrogen-bond donors (Lipinski definition) is 2. The number of hydrogen-bond acceptors (Lipinski definition) is 6. The second-order valence-corrected chi connectivity index (χ2v) is 7.86. The van der Waals surface area contributed by atoms with E-state index >= 15 is 0 Å². The maximum atomic E-state index is 12.4. The second-order valence-electron chi connectivity index (χ2n) is 6.98. The van der Waals surface area contributed by atoms with E-state index in [0.29, 0.717) is 22.9 Å². The van der Waals surface area contributed by atoms with E-state index in [2.05, 4.69) is 19.2 Å². The first-order valence-electron chi connectivity index (χ1n) is 9.33. The third kappa shape index (κ3) is 6.05. The summed E-state index contributed by atoms with van der Waals surface area (Å²) >= 11 is 1.27. The topological polar surface area (TPSA) is 108 Å². The second kappa shape index (κ2) is 10.1. The molecule has 0 radical (unpaired) electrons. The molecule has 0 spiro atoms. The summed E-state index contributed by atoms with van der Waals surface area (Å²) in [7, 11) is 0. The highest BCUT2D eigenvalue weighted by Crippen LogP contribution is 2.31. The predicted octanol–water partition coefficient (Wildman–Crippen LogP) is 3.55. The molecule has 1 aromatic heterocycles. The van der Waals surface area contributed by atoms with Gasteiger partial charge in [-0.3, -0.25) is 9.59 Å². The van der Waals surface area contributed by atoms with Crippen LogP contribution < -0.4 is 15.8 Å². The molecule has 3 N–H and O–H groups in total. The molecular weight excluding hydrogens is 392 g/mol. The standard InChI is InChI=1S/C21H26N2O5S/c1-5-27-21(26)18-14(8-12(2)3)11-29-20(18)23-17(24)10-28-16-9-13(4)6-7-15(16)19(22)25/h6-7,9,11-12H,5,8,10H2,1-4H3,(H2,22,25)(H,23,24). The maximum absolute atomic E-state index is 12.4. The molecule has 2 amide bonds. The lowest BCUT2D eigenvalue weighted by Gasteiger charge is -2.12. The van der Waals surface area contributed by atoms with Crippen LogP contribution in [0.15, 0.2) is 23.6 Å². The Balaban J connectivity index is 2.15. The molecule has 0 saturated heterocycles. The van der Waals surface area contributed by atoms with Gasteiger partial charge in [-0.1, -0.05) is 19.9 Å². The molecule has 0 aliphatic carbocycles. The van der Waals surface area contributed by atoms with Crippen molar-refractivity contribution in [3.63, 3.8) is 0 Å². The molecule has 0 aliphatic heterocycles. The molecule has 0 atom stereocenters. The molecule has 1 aromatic carbocycles. The van der Waals surface area contributed by atoms with Gasteiger partial charge in [0, 0.05) is 0 Å². The first-order valence-corrected chi connectivity index (χ1v) is 10.2. The normalized spacial score (nSPS) is 10.7. The highest BCUT2D eigenvalue weighted by molar-refractivity contribution is 7.15. The number of primary amides is 1. The minimum atomic E-state index is -0.637. The summed E-state index contributed by atoms with van der Waals surface area (Å²) in [5.74, 6) is -0.967. The van der Waals surface area contributed by atoms with Crippen LogP contribution in [0, 0.1) is 12.8 Å². The summed E-state index contributed by atoms with van der Waals surface area (Å²) < 4.78 is 10.7. The van der Waals surface area contributed by atoms with Gasteiger partial charge in [0.1, 0.15) is 10.8 Å². The lowest BCUT2D eigenvalue weighted by molar-refractivity contribution is -0.118. The largest absolute Gasteiger partial charge is 0.483 e. The zero-order chi connectivity index (χ0) is 21.6. The average molecular weight is 419 g/mol. The van der Waals surface area contributed by atoms with Gasteiger partial charge in [0.05, 0.1) is 17.7 Å². The summed E-state index contributed by atoms with van der Waals surface area (Å²) in [6.45, 7) is 7.59. The van der Waals surface area contributed by atoms with Gasteiger partial charge in [-0.2, -0.15) is 0 Å². The zero-order valence-corrected chi connectivity index (χ0v) is 17.9. The van der Waals surface area contributed by atoms with E-state index < -0.39 is 17.8 Å². The molecule has 0 bridgehead atoms. The van der Waals surface area contributed by atoms with Crippen LogP contribution >= 0.6 is 11.3 Å². The number of ether oxygens (including phenoxy) is 2. The number of esters is 1. The molecule has 0 aliphatic rings. The molecule has 8 heteroatoms. The zero-order valence-electron chi connectivity index (χ0n) is 17.0. The first kappa shape index (κ1) is 22.4. The van der Waals surface area contributed by atoms with E-state index in [0.717, 1.165) is 11.1 Å². The van der Waals surface area contributed by atoms with Crippen LogP contribution in [0.1, 0.15) is 52.6 Å². The first-order chi connectivity index (χ1) is 13.7. The van der Waals surface area contributed by atoms with E-state index in [1.165, 1.54) is 11.3 Å². The van der Waals surface area contributed by atoms with Crippen LogP contribution in [0.2, 0.25) is 0 Å². The van der Waals surface area contributed by atoms with Crippen LogP contribution in [0.4, 0.5) is 5.00 Å². The Kier molecular flexibility index (Phi) is 7.78. The number of aryl methyl sites for hydroxylation is 1. The smallest absolute Gasteiger partial charge is 0.341 e. The maximum Gasteiger partial charge on any atom is 0.341 e. The Morgan fingerprint density at radius 1 is 1.24 bits per heavy atom. The van der Waals surface area contributed by atoms with Crippen molar-refractivity contribution < 1.29 is 23.9 Å². The summed E-state index contributed by atoms with van der Waals surface area (Å²) in [5.41, 5.74) is 7.64. The number of carbonyl (C=O) groups is 3. The van der Waals surface area contributed by atoms with Gasteiger partial charge < -0.3 is 20.5 Å². The van der Waals surface area contributed by atoms with E-state index in [1.54, 1.807) is 25.1 Å². The number of amides is 2. The van der Waals surface area contributed by atoms with Crippen molar-refractivity contribution in [3.05, 3.63) is 45.8 Å². The third-order valence-electron chi connectivity index (χ3n) is 3.99. The SMILES string of the molecule is CCOC(=O)c1c(CC(C)C)csc1NC(=O)COc1cc(C)ccc1C(N)=O. The van der Waals surface area contributed by atoms with Crippen LogP contribution in [-0.4, -0.2) is 31.0 Å². The van der Waals surface area contributed by atoms with Crippen molar-refractivity contribution in [1.29, 1.82) is 0 Å². The predicted molar refractivity (Wildman–Crippen MR) is 113 cm³/mol. The Morgan fingerprint density at radius 2 is 1.97 bits per heavy atom. The molecule has 29 heavy (non-hydrogen) atoms. The van der Waals surface area contributed by atoms with Crippen molar-refractivity contribution in [2.24, 2.45) is 11.7 Å². The van der Waals surface area contributed by atoms with E-state index in [4.69, 9.17) is 15.2 Å². The fourth-order valence-electron chi connectivity index (χ4n) is 2.76. The van der Waals surface area contributed by atoms with Gasteiger partial charge in [-0.15, -0.1) is 11.3 Å². The third-order valence-corrected chi connectivity index (χ3v) is 4.93. The molecule has 7 nitrogen and oxygen atoms in total. The van der Waals surface area contributed by atoms with Crippen molar-refractivity contribution in [2.45, 2.75) is 34.1 Å². The Morgan fingerprint density at radius 3 is 2.59 bits per heavy atom. The van der Waals surface area contributed by atoms with Crippen molar-refractivity contribution in [2.75, 3.05) is 18.5 Å². The quantitative estimate of drug-likeness (QED) is 0.606. The van der Waals surface area contributed by atoms with Crippen LogP contribution in [0.3, 0.4) is 0 Å². The molecule has 0 unspecified atom stereocenters. The minimum absolute atomic E-state index is 0.200. The monoisotopic (exact) mass is 418 g/mol. The molecule has 1 heterocycles. The molecule has 2 aromatic rings. The van der Waals surface area contributed by atoms with Gasteiger partial charge >= 0.3 is 5.97 Å². The highest BCUT2D eigenvalue weighted by atomic mass is 32.1. The number of thiophene rings is 1. The Labute approximate surface area is 174 Å². The van der Waals surface area contributed by atoms with Gasteiger partial charge in [0.15, 0.2) is 6.61 Å². The van der Waals surface area contributed by atoms with Crippen LogP contribution in [-0.2, 0) is 16.0 Å². The molecular formula is C21H26N2O5S. The van der Waals surface area contributed by atoms with Crippen molar-refractivity contribution in [3.8, 4) is 5.75 Å². The van der Waals surface area contributed by atoms with Gasteiger partial charge in [-0.25, -0.2) is 4.79 Å². The van der Waals surface area contributed by atoms with Gasteiger partial charge in [-0.05, 0) is 54.8 Å². The van der Waals surface area contributed by atoms with Gasteiger partial charge in [0.25, 0.3) is 11.8 Å². The Bertz CT molecular complexity index is 904. The van der Waals surface area contributed by atoms with E-state index in [1.807, 2.05) is 12.3 Å². The lowest BCUT2D eigenvalue weighted by atomic mass is 10.0. The molecule has 0 saturated carbocycles. The van der Waals surface area contributed by atoms with E-state index in [9.17, 15) is 14.4 Å². The number of carbonyl (C=O) groups excluding carboxylic acids is 3. The fraction of sp³-hybridized carbons (Fsp3) is 0.381. The summed E-state index contributed by atoms with van der Waals surface area (Å²) in [5, 5.41) is 4.99. The Hall–Kier alpha value is -2.87. The number of rotatable bonds is 9. The molecule has 156 valence electrons. The number of benzene rings is 1. The highest BCUT2D eigenvalue weighted by Gasteiger charge is 2.22. The van der Waals surface area contributed by atoms with Crippen molar-refractivity contribution >= 4 is 34.1 Å². The van der Waals surface area contributed by atoms with Gasteiger partial charge in [0.2, 0.25) is 0 Å². The van der Waals surface area contributed by atoms with Crippen LogP contribution in [0.5, 0.6) is 5.75 Å². The number of nitrogens with two attached hydrogens (primary N) is 1. The van der Waals surface area contributed by atoms with Crippen LogP contribution in [0.25, 0.3) is 0 Å². The lowest BCUT2D eigenvalue weighted by Crippen LogP contribution is -2.22. The van der Waals surface area contributed by atoms with E-state index in [-0.39, 0.29) is 24.5 Å². The summed E-state index contributed by atoms with van der Waals surface area (Å²) in [6.07, 6.45) is 0.697. The molecule has 0 fully saturated rings. The van der Waals surface area contributed by atoms with Crippen molar-refractivity contribution in [1.82, 2.24) is 0 Å². The minimum Gasteiger partial charge on any atom is -0.483 e. The summed E-state index contributed by atoms with van der Waals surface area (Å²) in [4.78, 5) is 36.3. The fourth-order valence-corrected chi connectivity index (χ4v) is 3.74. The summed E-state index contributed by atoms with van der Waals surface area (Å²) in [6, 6.07) is 4.94. The molecule has 2 rings (SSSR count). The number of anilines is 1. The average Bonchev–Trinajstić information content (AvgIpc) is 3.01.